The summed E-state index contributed by atoms with van der Waals surface area (Å²) in [6.45, 7) is 3.79. The van der Waals surface area contributed by atoms with Crippen LogP contribution in [0.1, 0.15) is 43.4 Å². The quantitative estimate of drug-likeness (QED) is 0.561. The number of hydrogen-bond donors (Lipinski definition) is 0. The van der Waals surface area contributed by atoms with Crippen LogP contribution in [0.4, 0.5) is 0 Å². The van der Waals surface area contributed by atoms with Gasteiger partial charge in [-0.3, -0.25) is 14.5 Å². The van der Waals surface area contributed by atoms with Gasteiger partial charge in [0.05, 0.1) is 30.8 Å². The van der Waals surface area contributed by atoms with Crippen molar-refractivity contribution in [3.05, 3.63) is 58.6 Å². The average molecular weight is 498 g/mol. The topological polar surface area (TPSA) is 80.7 Å². The summed E-state index contributed by atoms with van der Waals surface area (Å²) in [6, 6.07) is 12.9. The number of esters is 1. The van der Waals surface area contributed by atoms with Crippen molar-refractivity contribution >= 4 is 29.2 Å². The number of fused-ring (bicyclic) bond motifs is 1. The van der Waals surface area contributed by atoms with Gasteiger partial charge in [0.2, 0.25) is 6.79 Å². The molecule has 3 heterocycles. The van der Waals surface area contributed by atoms with E-state index in [1.165, 1.54) is 0 Å². The first-order chi connectivity index (χ1) is 17.0. The third-order valence-corrected chi connectivity index (χ3v) is 6.95. The molecule has 3 aliphatic rings. The fraction of sp³-hybridized carbons (Fsp3) is 0.423. The Labute approximate surface area is 209 Å². The van der Waals surface area contributed by atoms with Crippen LogP contribution >= 0.6 is 11.6 Å². The van der Waals surface area contributed by atoms with Crippen LogP contribution in [-0.4, -0.2) is 60.5 Å². The summed E-state index contributed by atoms with van der Waals surface area (Å²) in [4.78, 5) is 27.8. The van der Waals surface area contributed by atoms with Gasteiger partial charge < -0.3 is 14.2 Å². The zero-order valence-corrected chi connectivity index (χ0v) is 20.4. The molecule has 35 heavy (non-hydrogen) atoms. The Morgan fingerprint density at radius 3 is 2.83 bits per heavy atom. The number of ether oxygens (including phenoxy) is 3. The van der Waals surface area contributed by atoms with Crippen molar-refractivity contribution in [2.24, 2.45) is 11.0 Å². The molecule has 1 fully saturated rings. The molecule has 5 rings (SSSR count). The Bertz CT molecular complexity index is 1150. The molecule has 3 aliphatic heterocycles. The highest BCUT2D eigenvalue weighted by atomic mass is 35.5. The molecule has 9 heteroatoms. The number of hydrogen-bond acceptors (Lipinski definition) is 7. The van der Waals surface area contributed by atoms with Crippen LogP contribution in [-0.2, 0) is 14.3 Å². The highest BCUT2D eigenvalue weighted by Crippen LogP contribution is 2.40. The summed E-state index contributed by atoms with van der Waals surface area (Å²) in [5, 5.41) is 6.90. The van der Waals surface area contributed by atoms with E-state index in [0.717, 1.165) is 36.2 Å². The van der Waals surface area contributed by atoms with Crippen molar-refractivity contribution in [2.75, 3.05) is 33.0 Å². The van der Waals surface area contributed by atoms with Gasteiger partial charge in [0.25, 0.3) is 5.91 Å². The molecule has 2 aromatic carbocycles. The SMILES string of the molecule is CCOC(=O)[C@@H]1CCCN(CC(=O)N2N=C(c3ccccc3Cl)C[C@@H]2c2ccc3c(c2)OCO3)C1. The molecule has 2 atom stereocenters. The highest BCUT2D eigenvalue weighted by molar-refractivity contribution is 6.34. The monoisotopic (exact) mass is 497 g/mol. The molecule has 2 aromatic rings. The van der Waals surface area contributed by atoms with Crippen LogP contribution in [0.2, 0.25) is 5.02 Å². The molecule has 0 spiro atoms. The van der Waals surface area contributed by atoms with E-state index < -0.39 is 0 Å². The fourth-order valence-corrected chi connectivity index (χ4v) is 5.14. The smallest absolute Gasteiger partial charge is 0.310 e. The zero-order valence-electron chi connectivity index (χ0n) is 19.6. The predicted molar refractivity (Wildman–Crippen MR) is 131 cm³/mol. The minimum Gasteiger partial charge on any atom is -0.466 e. The number of rotatable bonds is 6. The molecular weight excluding hydrogens is 470 g/mol. The van der Waals surface area contributed by atoms with Crippen molar-refractivity contribution in [3.63, 3.8) is 0 Å². The third kappa shape index (κ3) is 4.99. The maximum Gasteiger partial charge on any atom is 0.310 e. The van der Waals surface area contributed by atoms with Crippen molar-refractivity contribution in [2.45, 2.75) is 32.2 Å². The van der Waals surface area contributed by atoms with E-state index in [2.05, 4.69) is 0 Å². The van der Waals surface area contributed by atoms with E-state index in [1.54, 1.807) is 11.9 Å². The number of benzene rings is 2. The lowest BCUT2D eigenvalue weighted by Crippen LogP contribution is -2.44. The molecule has 0 bridgehead atoms. The number of likely N-dealkylation sites (tertiary alicyclic amines) is 1. The largest absolute Gasteiger partial charge is 0.466 e. The Balaban J connectivity index is 1.38. The Morgan fingerprint density at radius 1 is 1.17 bits per heavy atom. The molecule has 184 valence electrons. The van der Waals surface area contributed by atoms with Gasteiger partial charge in [-0.25, -0.2) is 5.01 Å². The number of amides is 1. The second-order valence-electron chi connectivity index (χ2n) is 8.92. The average Bonchev–Trinajstić information content (AvgIpc) is 3.51. The van der Waals surface area contributed by atoms with Crippen LogP contribution in [0.15, 0.2) is 47.6 Å². The van der Waals surface area contributed by atoms with E-state index in [-0.39, 0.29) is 37.2 Å². The third-order valence-electron chi connectivity index (χ3n) is 6.62. The van der Waals surface area contributed by atoms with Crippen molar-refractivity contribution in [1.29, 1.82) is 0 Å². The van der Waals surface area contributed by atoms with Gasteiger partial charge in [-0.05, 0) is 50.1 Å². The molecule has 1 saturated heterocycles. The summed E-state index contributed by atoms with van der Waals surface area (Å²) >= 11 is 6.46. The molecular formula is C26H28ClN3O5. The molecule has 0 radical (unpaired) electrons. The number of carbonyl (C=O) groups excluding carboxylic acids is 2. The summed E-state index contributed by atoms with van der Waals surface area (Å²) in [6.07, 6.45) is 2.15. The second-order valence-corrected chi connectivity index (χ2v) is 9.33. The molecule has 0 unspecified atom stereocenters. The zero-order chi connectivity index (χ0) is 24.4. The first-order valence-corrected chi connectivity index (χ1v) is 12.3. The van der Waals surface area contributed by atoms with Gasteiger partial charge in [0, 0.05) is 23.6 Å². The summed E-state index contributed by atoms with van der Waals surface area (Å²) in [7, 11) is 0. The van der Waals surface area contributed by atoms with Crippen LogP contribution in [0.25, 0.3) is 0 Å². The number of nitrogens with zero attached hydrogens (tertiary/aromatic N) is 3. The molecule has 0 N–H and O–H groups in total. The van der Waals surface area contributed by atoms with Gasteiger partial charge in [-0.1, -0.05) is 35.9 Å². The fourth-order valence-electron chi connectivity index (χ4n) is 4.89. The predicted octanol–water partition coefficient (Wildman–Crippen LogP) is 4.02. The van der Waals surface area contributed by atoms with Gasteiger partial charge in [-0.15, -0.1) is 0 Å². The molecule has 1 amide bonds. The lowest BCUT2D eigenvalue weighted by Gasteiger charge is -2.32. The number of piperidine rings is 1. The standard InChI is InChI=1S/C26H28ClN3O5/c1-2-33-26(32)18-6-5-11-29(14-18)15-25(31)30-22(17-9-10-23-24(12-17)35-16-34-23)13-21(28-30)19-7-3-4-8-20(19)27/h3-4,7-10,12,18,22H,2,5-6,11,13-16H2,1H3/t18-,22-/m1/s1. The first kappa shape index (κ1) is 23.6. The molecule has 0 aliphatic carbocycles. The summed E-state index contributed by atoms with van der Waals surface area (Å²) < 4.78 is 16.2. The van der Waals surface area contributed by atoms with Gasteiger partial charge in [-0.2, -0.15) is 5.10 Å². The van der Waals surface area contributed by atoms with E-state index in [1.807, 2.05) is 47.4 Å². The Morgan fingerprint density at radius 2 is 2.00 bits per heavy atom. The van der Waals surface area contributed by atoms with Gasteiger partial charge in [0.15, 0.2) is 11.5 Å². The van der Waals surface area contributed by atoms with Crippen LogP contribution in [0.3, 0.4) is 0 Å². The number of hydrazone groups is 1. The van der Waals surface area contributed by atoms with Crippen molar-refractivity contribution < 1.29 is 23.8 Å². The van der Waals surface area contributed by atoms with Gasteiger partial charge in [0.1, 0.15) is 0 Å². The summed E-state index contributed by atoms with van der Waals surface area (Å²) in [5.41, 5.74) is 2.49. The molecule has 8 nitrogen and oxygen atoms in total. The van der Waals surface area contributed by atoms with E-state index >= 15 is 0 Å². The number of carbonyl (C=O) groups is 2. The van der Waals surface area contributed by atoms with Crippen molar-refractivity contribution in [1.82, 2.24) is 9.91 Å². The number of halogens is 1. The lowest BCUT2D eigenvalue weighted by atomic mass is 9.97. The van der Waals surface area contributed by atoms with E-state index in [0.29, 0.717) is 36.1 Å². The molecule has 0 saturated carbocycles. The molecule has 0 aromatic heterocycles. The van der Waals surface area contributed by atoms with Crippen LogP contribution in [0, 0.1) is 5.92 Å². The van der Waals surface area contributed by atoms with Gasteiger partial charge >= 0.3 is 5.97 Å². The Hall–Kier alpha value is -3.10. The van der Waals surface area contributed by atoms with E-state index in [4.69, 9.17) is 30.9 Å². The highest BCUT2D eigenvalue weighted by Gasteiger charge is 2.36. The maximum atomic E-state index is 13.6. The van der Waals surface area contributed by atoms with Crippen LogP contribution in [0.5, 0.6) is 11.5 Å². The van der Waals surface area contributed by atoms with E-state index in [9.17, 15) is 9.59 Å². The summed E-state index contributed by atoms with van der Waals surface area (Å²) in [5.74, 6) is 0.828. The van der Waals surface area contributed by atoms with Crippen LogP contribution < -0.4 is 9.47 Å². The first-order valence-electron chi connectivity index (χ1n) is 12.0. The maximum absolute atomic E-state index is 13.6. The normalized spacial score (nSPS) is 21.7. The second kappa shape index (κ2) is 10.3. The Kier molecular flexibility index (Phi) is 6.92. The minimum atomic E-state index is -0.297. The van der Waals surface area contributed by atoms with Crippen molar-refractivity contribution in [3.8, 4) is 11.5 Å². The minimum absolute atomic E-state index is 0.126. The lowest BCUT2D eigenvalue weighted by molar-refractivity contribution is -0.150.